The molecular weight excluding hydrogens is 290 g/mol. The van der Waals surface area contributed by atoms with Crippen LogP contribution in [0.15, 0.2) is 35.3 Å². The molecule has 0 N–H and O–H groups in total. The number of rotatable bonds is 6. The standard InChI is InChI=1S/C19H27NOS/c1-16-6-5-9-18(14-16)19(20-11-13-22-19)10-12-21-15-17-7-3-2-4-8-17/h2-4,7-8,11,16,18H,5-6,9-10,12-15H2,1H3. The lowest BCUT2D eigenvalue weighted by atomic mass is 9.77. The molecule has 0 amide bonds. The summed E-state index contributed by atoms with van der Waals surface area (Å²) >= 11 is 2.04. The molecule has 1 saturated carbocycles. The van der Waals surface area contributed by atoms with Gasteiger partial charge in [-0.3, -0.25) is 4.99 Å². The van der Waals surface area contributed by atoms with E-state index >= 15 is 0 Å². The molecule has 3 rings (SSSR count). The van der Waals surface area contributed by atoms with Gasteiger partial charge in [0.25, 0.3) is 0 Å². The van der Waals surface area contributed by atoms with Crippen LogP contribution in [0.4, 0.5) is 0 Å². The fourth-order valence-electron chi connectivity index (χ4n) is 3.80. The summed E-state index contributed by atoms with van der Waals surface area (Å²) in [5.41, 5.74) is 1.26. The molecule has 1 aromatic rings. The van der Waals surface area contributed by atoms with Crippen LogP contribution in [0.2, 0.25) is 0 Å². The molecule has 120 valence electrons. The van der Waals surface area contributed by atoms with Gasteiger partial charge in [0, 0.05) is 18.4 Å². The number of nitrogens with zero attached hydrogens (tertiary/aromatic N) is 1. The Kier molecular flexibility index (Phi) is 5.59. The van der Waals surface area contributed by atoms with E-state index in [4.69, 9.17) is 9.73 Å². The summed E-state index contributed by atoms with van der Waals surface area (Å²) in [6.07, 6.45) is 8.62. The number of thioether (sulfide) groups is 1. The summed E-state index contributed by atoms with van der Waals surface area (Å²) in [6, 6.07) is 10.4. The van der Waals surface area contributed by atoms with Crippen molar-refractivity contribution in [1.82, 2.24) is 0 Å². The maximum atomic E-state index is 5.94. The number of hydrogen-bond acceptors (Lipinski definition) is 3. The SMILES string of the molecule is CC1CCCC(C2(CCOCc3ccccc3)N=CCS2)C1. The van der Waals surface area contributed by atoms with Gasteiger partial charge in [-0.2, -0.15) is 0 Å². The van der Waals surface area contributed by atoms with Crippen molar-refractivity contribution in [3.05, 3.63) is 35.9 Å². The van der Waals surface area contributed by atoms with E-state index in [9.17, 15) is 0 Å². The average molecular weight is 317 g/mol. The minimum Gasteiger partial charge on any atom is -0.377 e. The maximum absolute atomic E-state index is 5.94. The summed E-state index contributed by atoms with van der Waals surface area (Å²) in [5.74, 6) is 2.67. The molecule has 3 heteroatoms. The van der Waals surface area contributed by atoms with Gasteiger partial charge in [0.05, 0.1) is 13.2 Å². The fraction of sp³-hybridized carbons (Fsp3) is 0.632. The molecule has 0 aromatic heterocycles. The molecule has 3 unspecified atom stereocenters. The van der Waals surface area contributed by atoms with Crippen molar-refractivity contribution in [2.24, 2.45) is 16.8 Å². The molecule has 2 aliphatic rings. The third-order valence-electron chi connectivity index (χ3n) is 5.01. The van der Waals surface area contributed by atoms with Crippen molar-refractivity contribution >= 4 is 18.0 Å². The maximum Gasteiger partial charge on any atom is 0.111 e. The van der Waals surface area contributed by atoms with Crippen LogP contribution >= 0.6 is 11.8 Å². The Labute approximate surface area is 138 Å². The van der Waals surface area contributed by atoms with E-state index in [2.05, 4.69) is 37.4 Å². The van der Waals surface area contributed by atoms with Crippen LogP contribution in [-0.2, 0) is 11.3 Å². The molecule has 0 saturated heterocycles. The number of ether oxygens (including phenoxy) is 1. The lowest BCUT2D eigenvalue weighted by Gasteiger charge is -2.39. The van der Waals surface area contributed by atoms with Crippen LogP contribution in [0.25, 0.3) is 0 Å². The Morgan fingerprint density at radius 3 is 2.86 bits per heavy atom. The predicted molar refractivity (Wildman–Crippen MR) is 95.5 cm³/mol. The van der Waals surface area contributed by atoms with E-state index in [0.29, 0.717) is 6.61 Å². The Bertz CT molecular complexity index is 489. The zero-order chi connectivity index (χ0) is 15.3. The molecule has 2 nitrogen and oxygen atoms in total. The summed E-state index contributed by atoms with van der Waals surface area (Å²) in [6.45, 7) is 3.92. The smallest absolute Gasteiger partial charge is 0.111 e. The second kappa shape index (κ2) is 7.65. The summed E-state index contributed by atoms with van der Waals surface area (Å²) < 4.78 is 5.94. The first-order valence-electron chi connectivity index (χ1n) is 8.58. The van der Waals surface area contributed by atoms with Crippen LogP contribution in [0, 0.1) is 11.8 Å². The molecular formula is C19H27NOS. The van der Waals surface area contributed by atoms with E-state index in [1.807, 2.05) is 17.8 Å². The largest absolute Gasteiger partial charge is 0.377 e. The Morgan fingerprint density at radius 1 is 1.27 bits per heavy atom. The number of hydrogen-bond donors (Lipinski definition) is 0. The molecule has 22 heavy (non-hydrogen) atoms. The normalized spacial score (nSPS) is 31.5. The Balaban J connectivity index is 1.52. The quantitative estimate of drug-likeness (QED) is 0.694. The topological polar surface area (TPSA) is 21.6 Å². The average Bonchev–Trinajstić information content (AvgIpc) is 3.03. The first-order valence-corrected chi connectivity index (χ1v) is 9.56. The van der Waals surface area contributed by atoms with Gasteiger partial charge in [-0.05, 0) is 30.2 Å². The van der Waals surface area contributed by atoms with Crippen molar-refractivity contribution in [3.63, 3.8) is 0 Å². The number of aliphatic imine (C=N–C) groups is 1. The fourth-order valence-corrected chi connectivity index (χ4v) is 5.07. The highest BCUT2D eigenvalue weighted by molar-refractivity contribution is 8.01. The van der Waals surface area contributed by atoms with Crippen molar-refractivity contribution in [2.75, 3.05) is 12.4 Å². The van der Waals surface area contributed by atoms with Crippen molar-refractivity contribution in [3.8, 4) is 0 Å². The lowest BCUT2D eigenvalue weighted by molar-refractivity contribution is 0.0992. The molecule has 3 atom stereocenters. The monoisotopic (exact) mass is 317 g/mol. The first-order chi connectivity index (χ1) is 10.8. The highest BCUT2D eigenvalue weighted by atomic mass is 32.2. The zero-order valence-corrected chi connectivity index (χ0v) is 14.4. The van der Waals surface area contributed by atoms with Gasteiger partial charge in [-0.25, -0.2) is 0 Å². The van der Waals surface area contributed by atoms with Crippen LogP contribution < -0.4 is 0 Å². The van der Waals surface area contributed by atoms with Gasteiger partial charge in [-0.15, -0.1) is 11.8 Å². The Hall–Kier alpha value is -0.800. The second-order valence-electron chi connectivity index (χ2n) is 6.72. The molecule has 1 fully saturated rings. The van der Waals surface area contributed by atoms with E-state index in [1.54, 1.807) is 0 Å². The molecule has 1 aromatic carbocycles. The summed E-state index contributed by atoms with van der Waals surface area (Å²) in [7, 11) is 0. The van der Waals surface area contributed by atoms with Crippen LogP contribution in [0.3, 0.4) is 0 Å². The van der Waals surface area contributed by atoms with E-state index in [-0.39, 0.29) is 4.87 Å². The van der Waals surface area contributed by atoms with E-state index in [0.717, 1.165) is 30.6 Å². The van der Waals surface area contributed by atoms with E-state index in [1.165, 1.54) is 31.2 Å². The third kappa shape index (κ3) is 3.94. The summed E-state index contributed by atoms with van der Waals surface area (Å²) in [5, 5.41) is 0. The van der Waals surface area contributed by atoms with Crippen molar-refractivity contribution in [2.45, 2.75) is 50.5 Å². The minimum absolute atomic E-state index is 0.103. The van der Waals surface area contributed by atoms with Gasteiger partial charge in [0.2, 0.25) is 0 Å². The van der Waals surface area contributed by atoms with Crippen LogP contribution in [0.1, 0.15) is 44.6 Å². The summed E-state index contributed by atoms with van der Waals surface area (Å²) in [4.78, 5) is 5.03. The third-order valence-corrected chi connectivity index (χ3v) is 6.47. The van der Waals surface area contributed by atoms with Crippen LogP contribution in [0.5, 0.6) is 0 Å². The highest BCUT2D eigenvalue weighted by Gasteiger charge is 2.41. The van der Waals surface area contributed by atoms with Gasteiger partial charge in [-0.1, -0.05) is 50.1 Å². The lowest BCUT2D eigenvalue weighted by Crippen LogP contribution is -2.35. The molecule has 1 aliphatic heterocycles. The second-order valence-corrected chi connectivity index (χ2v) is 8.05. The van der Waals surface area contributed by atoms with Crippen LogP contribution in [-0.4, -0.2) is 23.4 Å². The Morgan fingerprint density at radius 2 is 2.14 bits per heavy atom. The molecule has 0 bridgehead atoms. The molecule has 1 heterocycles. The zero-order valence-electron chi connectivity index (χ0n) is 13.5. The van der Waals surface area contributed by atoms with Gasteiger partial charge >= 0.3 is 0 Å². The molecule has 0 spiro atoms. The minimum atomic E-state index is 0.103. The van der Waals surface area contributed by atoms with Crippen molar-refractivity contribution < 1.29 is 4.74 Å². The molecule has 0 radical (unpaired) electrons. The number of benzene rings is 1. The van der Waals surface area contributed by atoms with E-state index < -0.39 is 0 Å². The predicted octanol–water partition coefficient (Wildman–Crippen LogP) is 4.93. The van der Waals surface area contributed by atoms with Crippen molar-refractivity contribution in [1.29, 1.82) is 0 Å². The van der Waals surface area contributed by atoms with Gasteiger partial charge in [0.15, 0.2) is 0 Å². The van der Waals surface area contributed by atoms with Gasteiger partial charge < -0.3 is 4.74 Å². The first kappa shape index (κ1) is 16.1. The van der Waals surface area contributed by atoms with Gasteiger partial charge in [0.1, 0.15) is 4.87 Å². The molecule has 1 aliphatic carbocycles. The highest BCUT2D eigenvalue weighted by Crippen LogP contribution is 2.48.